The molecule has 1 atom stereocenters. The van der Waals surface area contributed by atoms with Gasteiger partial charge in [-0.25, -0.2) is 13.1 Å². The lowest BCUT2D eigenvalue weighted by molar-refractivity contribution is -0.118. The number of amides is 1. The third-order valence-corrected chi connectivity index (χ3v) is 8.25. The molecule has 1 saturated heterocycles. The highest BCUT2D eigenvalue weighted by molar-refractivity contribution is 9.10. The molecule has 8 heteroatoms. The van der Waals surface area contributed by atoms with Gasteiger partial charge in [-0.2, -0.15) is 0 Å². The van der Waals surface area contributed by atoms with Crippen LogP contribution in [-0.2, 0) is 21.2 Å². The molecule has 0 saturated carbocycles. The van der Waals surface area contributed by atoms with Gasteiger partial charge in [0.25, 0.3) is 0 Å². The second-order valence-corrected chi connectivity index (χ2v) is 10.1. The summed E-state index contributed by atoms with van der Waals surface area (Å²) in [4.78, 5) is 16.5. The van der Waals surface area contributed by atoms with E-state index in [9.17, 15) is 13.2 Å². The van der Waals surface area contributed by atoms with Gasteiger partial charge in [0.1, 0.15) is 0 Å². The SMILES string of the molecule is CCC(=O)N1CCc2cc(Br)c(S(=O)(=O)NCCN3CCCCC3CC)cc21. The van der Waals surface area contributed by atoms with Crippen LogP contribution in [0.15, 0.2) is 21.5 Å². The van der Waals surface area contributed by atoms with Crippen molar-refractivity contribution in [3.63, 3.8) is 0 Å². The van der Waals surface area contributed by atoms with E-state index in [4.69, 9.17) is 0 Å². The lowest BCUT2D eigenvalue weighted by Gasteiger charge is -2.35. The molecule has 0 spiro atoms. The van der Waals surface area contributed by atoms with Crippen molar-refractivity contribution in [2.75, 3.05) is 31.1 Å². The standard InChI is InChI=1S/C20H30BrN3O3S/c1-3-16-7-5-6-10-23(16)12-9-22-28(26,27)19-14-18-15(13-17(19)21)8-11-24(18)20(25)4-2/h13-14,16,22H,3-12H2,1-2H3. The van der Waals surface area contributed by atoms with Gasteiger partial charge in [0.2, 0.25) is 15.9 Å². The minimum Gasteiger partial charge on any atom is -0.312 e. The van der Waals surface area contributed by atoms with Gasteiger partial charge in [-0.15, -0.1) is 0 Å². The van der Waals surface area contributed by atoms with Crippen molar-refractivity contribution in [3.8, 4) is 0 Å². The van der Waals surface area contributed by atoms with Crippen LogP contribution in [-0.4, -0.2) is 51.4 Å². The summed E-state index contributed by atoms with van der Waals surface area (Å²) < 4.78 is 29.2. The number of sulfonamides is 1. The number of rotatable bonds is 7. The minimum absolute atomic E-state index is 0.0214. The summed E-state index contributed by atoms with van der Waals surface area (Å²) in [7, 11) is -3.65. The molecule has 28 heavy (non-hydrogen) atoms. The van der Waals surface area contributed by atoms with E-state index in [1.165, 1.54) is 19.3 Å². The number of fused-ring (bicyclic) bond motifs is 1. The zero-order chi connectivity index (χ0) is 20.3. The second kappa shape index (κ2) is 9.24. The van der Waals surface area contributed by atoms with Crippen molar-refractivity contribution in [3.05, 3.63) is 22.2 Å². The Bertz CT molecular complexity index is 828. The fraction of sp³-hybridized carbons (Fsp3) is 0.650. The van der Waals surface area contributed by atoms with Crippen LogP contribution in [0.25, 0.3) is 0 Å². The van der Waals surface area contributed by atoms with E-state index in [0.29, 0.717) is 30.0 Å². The number of carbonyl (C=O) groups is 1. The number of carbonyl (C=O) groups excluding carboxylic acids is 1. The molecule has 156 valence electrons. The summed E-state index contributed by atoms with van der Waals surface area (Å²) in [5.41, 5.74) is 1.73. The Labute approximate surface area is 176 Å². The van der Waals surface area contributed by atoms with Crippen LogP contribution in [0, 0.1) is 0 Å². The Morgan fingerprint density at radius 1 is 1.25 bits per heavy atom. The van der Waals surface area contributed by atoms with Crippen LogP contribution < -0.4 is 9.62 Å². The molecule has 1 aromatic rings. The number of likely N-dealkylation sites (tertiary alicyclic amines) is 1. The van der Waals surface area contributed by atoms with E-state index < -0.39 is 10.0 Å². The fourth-order valence-corrected chi connectivity index (χ4v) is 6.39. The molecule has 0 aromatic heterocycles. The third-order valence-electron chi connectivity index (χ3n) is 5.83. The Morgan fingerprint density at radius 3 is 2.75 bits per heavy atom. The number of hydrogen-bond acceptors (Lipinski definition) is 4. The molecule has 1 amide bonds. The second-order valence-electron chi connectivity index (χ2n) is 7.55. The Kier molecular flexibility index (Phi) is 7.17. The van der Waals surface area contributed by atoms with Crippen molar-refractivity contribution >= 4 is 37.5 Å². The minimum atomic E-state index is -3.65. The topological polar surface area (TPSA) is 69.7 Å². The Balaban J connectivity index is 1.72. The maximum absolute atomic E-state index is 12.9. The highest BCUT2D eigenvalue weighted by Gasteiger charge is 2.28. The highest BCUT2D eigenvalue weighted by Crippen LogP contribution is 2.35. The van der Waals surface area contributed by atoms with E-state index in [1.807, 2.05) is 13.0 Å². The molecule has 1 N–H and O–H groups in total. The van der Waals surface area contributed by atoms with Gasteiger partial charge in [-0.3, -0.25) is 9.69 Å². The summed E-state index contributed by atoms with van der Waals surface area (Å²) >= 11 is 3.42. The quantitative estimate of drug-likeness (QED) is 0.662. The normalized spacial score (nSPS) is 20.4. The average molecular weight is 472 g/mol. The molecule has 2 aliphatic rings. The van der Waals surface area contributed by atoms with Gasteiger partial charge in [0, 0.05) is 42.3 Å². The first-order valence-electron chi connectivity index (χ1n) is 10.2. The van der Waals surface area contributed by atoms with Crippen molar-refractivity contribution < 1.29 is 13.2 Å². The van der Waals surface area contributed by atoms with Gasteiger partial charge < -0.3 is 4.90 Å². The van der Waals surface area contributed by atoms with Crippen LogP contribution in [0.3, 0.4) is 0 Å². The largest absolute Gasteiger partial charge is 0.312 e. The van der Waals surface area contributed by atoms with Crippen LogP contribution in [0.1, 0.15) is 51.5 Å². The predicted octanol–water partition coefficient (Wildman–Crippen LogP) is 3.29. The summed E-state index contributed by atoms with van der Waals surface area (Å²) in [5, 5.41) is 0. The maximum atomic E-state index is 12.9. The first kappa shape index (κ1) is 21.7. The smallest absolute Gasteiger partial charge is 0.241 e. The molecule has 0 radical (unpaired) electrons. The van der Waals surface area contributed by atoms with Crippen molar-refractivity contribution in [2.45, 2.75) is 63.3 Å². The molecular weight excluding hydrogens is 442 g/mol. The lowest BCUT2D eigenvalue weighted by atomic mass is 10.0. The highest BCUT2D eigenvalue weighted by atomic mass is 79.9. The molecule has 1 unspecified atom stereocenters. The number of nitrogens with one attached hydrogen (secondary N) is 1. The van der Waals surface area contributed by atoms with Gasteiger partial charge in [0.05, 0.1) is 4.90 Å². The van der Waals surface area contributed by atoms with E-state index >= 15 is 0 Å². The van der Waals surface area contributed by atoms with E-state index in [2.05, 4.69) is 32.5 Å². The van der Waals surface area contributed by atoms with E-state index in [1.54, 1.807) is 11.0 Å². The predicted molar refractivity (Wildman–Crippen MR) is 115 cm³/mol. The molecule has 2 aliphatic heterocycles. The van der Waals surface area contributed by atoms with Crippen LogP contribution in [0.4, 0.5) is 5.69 Å². The lowest BCUT2D eigenvalue weighted by Crippen LogP contribution is -2.43. The molecule has 1 fully saturated rings. The van der Waals surface area contributed by atoms with Gasteiger partial charge in [-0.05, 0) is 65.9 Å². The van der Waals surface area contributed by atoms with E-state index in [-0.39, 0.29) is 10.8 Å². The molecule has 1 aromatic carbocycles. The molecule has 2 heterocycles. The molecular formula is C20H30BrN3O3S. The summed E-state index contributed by atoms with van der Waals surface area (Å²) in [6.45, 7) is 6.77. The Hall–Kier alpha value is -0.960. The molecule has 3 rings (SSSR count). The average Bonchev–Trinajstić information content (AvgIpc) is 3.09. The number of hydrogen-bond donors (Lipinski definition) is 1. The van der Waals surface area contributed by atoms with Crippen molar-refractivity contribution in [2.24, 2.45) is 0 Å². The number of nitrogens with zero attached hydrogens (tertiary/aromatic N) is 2. The maximum Gasteiger partial charge on any atom is 0.241 e. The van der Waals surface area contributed by atoms with Crippen LogP contribution in [0.2, 0.25) is 0 Å². The third kappa shape index (κ3) is 4.61. The van der Waals surface area contributed by atoms with Crippen LogP contribution >= 0.6 is 15.9 Å². The fourth-order valence-electron chi connectivity index (χ4n) is 4.26. The zero-order valence-electron chi connectivity index (χ0n) is 16.7. The number of halogens is 1. The Morgan fingerprint density at radius 2 is 2.04 bits per heavy atom. The first-order valence-corrected chi connectivity index (χ1v) is 12.5. The van der Waals surface area contributed by atoms with Gasteiger partial charge in [-0.1, -0.05) is 20.3 Å². The van der Waals surface area contributed by atoms with Gasteiger partial charge >= 0.3 is 0 Å². The zero-order valence-corrected chi connectivity index (χ0v) is 19.1. The summed E-state index contributed by atoms with van der Waals surface area (Å²) in [6, 6.07) is 4.03. The number of benzene rings is 1. The first-order chi connectivity index (χ1) is 13.4. The molecule has 0 bridgehead atoms. The van der Waals surface area contributed by atoms with Crippen molar-refractivity contribution in [1.82, 2.24) is 9.62 Å². The number of piperidine rings is 1. The molecule has 0 aliphatic carbocycles. The number of anilines is 1. The summed E-state index contributed by atoms with van der Waals surface area (Å²) in [5.74, 6) is 0.0214. The molecule has 6 nitrogen and oxygen atoms in total. The van der Waals surface area contributed by atoms with Crippen LogP contribution in [0.5, 0.6) is 0 Å². The van der Waals surface area contributed by atoms with Crippen molar-refractivity contribution in [1.29, 1.82) is 0 Å². The van der Waals surface area contributed by atoms with Gasteiger partial charge in [0.15, 0.2) is 0 Å². The summed E-state index contributed by atoms with van der Waals surface area (Å²) in [6.07, 6.45) is 5.90. The monoisotopic (exact) mass is 471 g/mol. The van der Waals surface area contributed by atoms with E-state index in [0.717, 1.165) is 37.2 Å².